The summed E-state index contributed by atoms with van der Waals surface area (Å²) in [4.78, 5) is 4.68. The summed E-state index contributed by atoms with van der Waals surface area (Å²) in [5, 5.41) is 3.37. The lowest BCUT2D eigenvalue weighted by Crippen LogP contribution is -2.17. The lowest BCUT2D eigenvalue weighted by atomic mass is 9.91. The number of pyridine rings is 1. The summed E-state index contributed by atoms with van der Waals surface area (Å²) < 4.78 is 5.87. The van der Waals surface area contributed by atoms with Gasteiger partial charge in [0.1, 0.15) is 0 Å². The third kappa shape index (κ3) is 4.78. The zero-order valence-electron chi connectivity index (χ0n) is 13.3. The van der Waals surface area contributed by atoms with E-state index in [1.807, 2.05) is 0 Å². The van der Waals surface area contributed by atoms with E-state index in [1.165, 1.54) is 24.8 Å². The van der Waals surface area contributed by atoms with Crippen LogP contribution in [0.2, 0.25) is 0 Å². The quantitative estimate of drug-likeness (QED) is 0.825. The molecule has 1 saturated carbocycles. The summed E-state index contributed by atoms with van der Waals surface area (Å²) in [5.41, 5.74) is 2.42. The molecule has 1 aliphatic rings. The summed E-state index contributed by atoms with van der Waals surface area (Å²) in [6.45, 7) is 11.4. The van der Waals surface area contributed by atoms with Gasteiger partial charge in [-0.1, -0.05) is 40.5 Å². The summed E-state index contributed by atoms with van der Waals surface area (Å²) in [5.74, 6) is 1.69. The number of ether oxygens (including phenoxy) is 1. The van der Waals surface area contributed by atoms with Crippen LogP contribution in [-0.2, 0) is 12.0 Å². The largest absolute Gasteiger partial charge is 0.478 e. The minimum Gasteiger partial charge on any atom is -0.478 e. The van der Waals surface area contributed by atoms with Crippen LogP contribution < -0.4 is 10.1 Å². The second-order valence-corrected chi connectivity index (χ2v) is 6.81. The van der Waals surface area contributed by atoms with E-state index in [-0.39, 0.29) is 5.41 Å². The Kier molecular flexibility index (Phi) is 5.03. The van der Waals surface area contributed by atoms with Gasteiger partial charge in [0.2, 0.25) is 5.88 Å². The van der Waals surface area contributed by atoms with Crippen LogP contribution in [0.15, 0.2) is 12.1 Å². The van der Waals surface area contributed by atoms with Crippen molar-refractivity contribution < 1.29 is 4.74 Å². The van der Waals surface area contributed by atoms with Gasteiger partial charge in [0.25, 0.3) is 0 Å². The Morgan fingerprint density at radius 3 is 2.65 bits per heavy atom. The maximum Gasteiger partial charge on any atom is 0.213 e. The predicted octanol–water partition coefficient (Wildman–Crippen LogP) is 3.67. The van der Waals surface area contributed by atoms with Crippen LogP contribution in [0.25, 0.3) is 0 Å². The Morgan fingerprint density at radius 2 is 2.05 bits per heavy atom. The van der Waals surface area contributed by atoms with Crippen molar-refractivity contribution in [2.75, 3.05) is 13.2 Å². The first-order chi connectivity index (χ1) is 9.49. The molecule has 0 atom stereocenters. The molecule has 1 aromatic rings. The Labute approximate surface area is 123 Å². The minimum absolute atomic E-state index is 0.0524. The van der Waals surface area contributed by atoms with Crippen molar-refractivity contribution in [2.24, 2.45) is 5.92 Å². The molecule has 0 bridgehead atoms. The van der Waals surface area contributed by atoms with E-state index in [0.717, 1.165) is 37.2 Å². The SMILES string of the molecule is CCNCc1cc(OCCC2CC2)nc(C(C)(C)C)c1. The average molecular weight is 276 g/mol. The second-order valence-electron chi connectivity index (χ2n) is 6.81. The smallest absolute Gasteiger partial charge is 0.213 e. The van der Waals surface area contributed by atoms with Crippen LogP contribution in [-0.4, -0.2) is 18.1 Å². The molecule has 3 nitrogen and oxygen atoms in total. The Morgan fingerprint density at radius 1 is 1.30 bits per heavy atom. The Hall–Kier alpha value is -1.09. The van der Waals surface area contributed by atoms with Gasteiger partial charge in [-0.05, 0) is 30.5 Å². The molecule has 3 heteroatoms. The molecule has 112 valence electrons. The number of hydrogen-bond acceptors (Lipinski definition) is 3. The molecule has 1 fully saturated rings. The first-order valence-corrected chi connectivity index (χ1v) is 7.84. The van der Waals surface area contributed by atoms with E-state index in [9.17, 15) is 0 Å². The number of nitrogens with zero attached hydrogens (tertiary/aromatic N) is 1. The first kappa shape index (κ1) is 15.3. The average Bonchev–Trinajstić information content (AvgIpc) is 3.19. The molecule has 0 unspecified atom stereocenters. The zero-order chi connectivity index (χ0) is 14.6. The van der Waals surface area contributed by atoms with Crippen molar-refractivity contribution in [3.8, 4) is 5.88 Å². The second kappa shape index (κ2) is 6.57. The summed E-state index contributed by atoms with van der Waals surface area (Å²) >= 11 is 0. The molecule has 1 N–H and O–H groups in total. The number of hydrogen-bond donors (Lipinski definition) is 1. The summed E-state index contributed by atoms with van der Waals surface area (Å²) in [6.07, 6.45) is 3.93. The molecule has 20 heavy (non-hydrogen) atoms. The Balaban J connectivity index is 2.06. The van der Waals surface area contributed by atoms with Gasteiger partial charge in [-0.25, -0.2) is 4.98 Å². The molecule has 0 aliphatic heterocycles. The van der Waals surface area contributed by atoms with Crippen molar-refractivity contribution in [1.82, 2.24) is 10.3 Å². The number of nitrogens with one attached hydrogen (secondary N) is 1. The summed E-state index contributed by atoms with van der Waals surface area (Å²) in [6, 6.07) is 4.27. The highest BCUT2D eigenvalue weighted by Gasteiger charge is 2.21. The lowest BCUT2D eigenvalue weighted by Gasteiger charge is -2.20. The van der Waals surface area contributed by atoms with Gasteiger partial charge in [-0.3, -0.25) is 0 Å². The minimum atomic E-state index is 0.0524. The number of rotatable bonds is 7. The van der Waals surface area contributed by atoms with E-state index in [2.05, 4.69) is 50.1 Å². The van der Waals surface area contributed by atoms with Crippen molar-refractivity contribution in [1.29, 1.82) is 0 Å². The van der Waals surface area contributed by atoms with Crippen LogP contribution in [0, 0.1) is 5.92 Å². The number of aromatic nitrogens is 1. The Bertz CT molecular complexity index is 433. The molecule has 1 aliphatic carbocycles. The molecule has 0 radical (unpaired) electrons. The fraction of sp³-hybridized carbons (Fsp3) is 0.706. The lowest BCUT2D eigenvalue weighted by molar-refractivity contribution is 0.288. The molecular formula is C17H28N2O. The zero-order valence-corrected chi connectivity index (χ0v) is 13.3. The highest BCUT2D eigenvalue weighted by atomic mass is 16.5. The van der Waals surface area contributed by atoms with E-state index in [4.69, 9.17) is 4.74 Å². The maximum atomic E-state index is 5.87. The van der Waals surface area contributed by atoms with Crippen LogP contribution >= 0.6 is 0 Å². The van der Waals surface area contributed by atoms with Crippen LogP contribution in [0.1, 0.15) is 58.2 Å². The molecule has 0 aromatic carbocycles. The molecule has 0 amide bonds. The van der Waals surface area contributed by atoms with Gasteiger partial charge >= 0.3 is 0 Å². The monoisotopic (exact) mass is 276 g/mol. The van der Waals surface area contributed by atoms with Crippen LogP contribution in [0.4, 0.5) is 0 Å². The van der Waals surface area contributed by atoms with E-state index >= 15 is 0 Å². The van der Waals surface area contributed by atoms with E-state index in [1.54, 1.807) is 0 Å². The van der Waals surface area contributed by atoms with E-state index < -0.39 is 0 Å². The van der Waals surface area contributed by atoms with E-state index in [0.29, 0.717) is 0 Å². The predicted molar refractivity (Wildman–Crippen MR) is 83.2 cm³/mol. The molecule has 0 spiro atoms. The maximum absolute atomic E-state index is 5.87. The van der Waals surface area contributed by atoms with Crippen molar-refractivity contribution in [2.45, 2.75) is 58.9 Å². The van der Waals surface area contributed by atoms with Crippen molar-refractivity contribution in [3.63, 3.8) is 0 Å². The molecular weight excluding hydrogens is 248 g/mol. The van der Waals surface area contributed by atoms with Crippen LogP contribution in [0.3, 0.4) is 0 Å². The van der Waals surface area contributed by atoms with Crippen LogP contribution in [0.5, 0.6) is 5.88 Å². The summed E-state index contributed by atoms with van der Waals surface area (Å²) in [7, 11) is 0. The van der Waals surface area contributed by atoms with Gasteiger partial charge in [0, 0.05) is 18.0 Å². The molecule has 1 heterocycles. The van der Waals surface area contributed by atoms with Gasteiger partial charge in [-0.15, -0.1) is 0 Å². The van der Waals surface area contributed by atoms with Gasteiger partial charge in [0.05, 0.1) is 12.3 Å². The van der Waals surface area contributed by atoms with Crippen molar-refractivity contribution in [3.05, 3.63) is 23.4 Å². The van der Waals surface area contributed by atoms with Gasteiger partial charge in [0.15, 0.2) is 0 Å². The molecule has 1 aromatic heterocycles. The van der Waals surface area contributed by atoms with Crippen molar-refractivity contribution >= 4 is 0 Å². The highest BCUT2D eigenvalue weighted by Crippen LogP contribution is 2.32. The normalized spacial score (nSPS) is 15.4. The topological polar surface area (TPSA) is 34.1 Å². The molecule has 2 rings (SSSR count). The van der Waals surface area contributed by atoms with Gasteiger partial charge < -0.3 is 10.1 Å². The fourth-order valence-corrected chi connectivity index (χ4v) is 2.13. The molecule has 0 saturated heterocycles. The standard InChI is InChI=1S/C17H28N2O/c1-5-18-12-14-10-15(17(2,3)4)19-16(11-14)20-9-8-13-6-7-13/h10-11,13,18H,5-9,12H2,1-4H3. The fourth-order valence-electron chi connectivity index (χ4n) is 2.13. The first-order valence-electron chi connectivity index (χ1n) is 7.84. The van der Waals surface area contributed by atoms with Gasteiger partial charge in [-0.2, -0.15) is 0 Å². The third-order valence-corrected chi connectivity index (χ3v) is 3.68. The third-order valence-electron chi connectivity index (χ3n) is 3.68. The highest BCUT2D eigenvalue weighted by molar-refractivity contribution is 5.28.